The molecular formula is C21H22FNO3. The van der Waals surface area contributed by atoms with E-state index < -0.39 is 0 Å². The molecule has 1 saturated heterocycles. The van der Waals surface area contributed by atoms with Crippen molar-refractivity contribution in [3.05, 3.63) is 65.5 Å². The number of halogens is 1. The van der Waals surface area contributed by atoms with E-state index in [-0.39, 0.29) is 24.4 Å². The summed E-state index contributed by atoms with van der Waals surface area (Å²) in [5, 5.41) is 9.72. The fraction of sp³-hybridized carbons (Fsp3) is 0.381. The van der Waals surface area contributed by atoms with Gasteiger partial charge in [0.1, 0.15) is 18.2 Å². The summed E-state index contributed by atoms with van der Waals surface area (Å²) in [7, 11) is 0. The lowest BCUT2D eigenvalue weighted by molar-refractivity contribution is 0.0765. The quantitative estimate of drug-likeness (QED) is 0.916. The molecule has 1 saturated carbocycles. The molecule has 1 unspecified atom stereocenters. The number of ether oxygens (including phenoxy) is 1. The Kier molecular flexibility index (Phi) is 4.64. The lowest BCUT2D eigenvalue weighted by Crippen LogP contribution is -2.30. The van der Waals surface area contributed by atoms with E-state index in [2.05, 4.69) is 0 Å². The SMILES string of the molecule is O=C(c1ccc(OCc2ccccc2F)cc1)N1C[C@H]2CC(O)C[C@H]2C1. The van der Waals surface area contributed by atoms with Gasteiger partial charge in [0.25, 0.3) is 5.91 Å². The van der Waals surface area contributed by atoms with E-state index in [1.54, 1.807) is 42.5 Å². The highest BCUT2D eigenvalue weighted by Crippen LogP contribution is 2.38. The molecule has 0 spiro atoms. The number of aliphatic hydroxyl groups excluding tert-OH is 1. The fourth-order valence-electron chi connectivity index (χ4n) is 4.09. The number of benzene rings is 2. The van der Waals surface area contributed by atoms with E-state index in [4.69, 9.17) is 4.74 Å². The molecule has 2 aliphatic rings. The molecule has 1 aliphatic heterocycles. The summed E-state index contributed by atoms with van der Waals surface area (Å²) in [6.45, 7) is 1.61. The van der Waals surface area contributed by atoms with Gasteiger partial charge < -0.3 is 14.7 Å². The zero-order valence-corrected chi connectivity index (χ0v) is 14.5. The van der Waals surface area contributed by atoms with Crippen molar-refractivity contribution in [2.75, 3.05) is 13.1 Å². The van der Waals surface area contributed by atoms with E-state index in [0.29, 0.717) is 28.7 Å². The van der Waals surface area contributed by atoms with Gasteiger partial charge in [-0.2, -0.15) is 0 Å². The second kappa shape index (κ2) is 7.08. The van der Waals surface area contributed by atoms with Crippen LogP contribution in [-0.4, -0.2) is 35.1 Å². The maximum Gasteiger partial charge on any atom is 0.253 e. The van der Waals surface area contributed by atoms with Gasteiger partial charge in [0.2, 0.25) is 0 Å². The van der Waals surface area contributed by atoms with E-state index in [0.717, 1.165) is 25.9 Å². The normalized spacial score (nSPS) is 24.5. The molecule has 1 N–H and O–H groups in total. The molecule has 4 nitrogen and oxygen atoms in total. The number of carbonyl (C=O) groups is 1. The Bertz CT molecular complexity index is 778. The zero-order chi connectivity index (χ0) is 18.1. The van der Waals surface area contributed by atoms with Crippen molar-refractivity contribution in [2.24, 2.45) is 11.8 Å². The molecule has 1 amide bonds. The average molecular weight is 355 g/mol. The maximum absolute atomic E-state index is 13.6. The molecule has 2 fully saturated rings. The Labute approximate surface area is 152 Å². The number of hydrogen-bond acceptors (Lipinski definition) is 3. The summed E-state index contributed by atoms with van der Waals surface area (Å²) in [5.41, 5.74) is 1.13. The summed E-state index contributed by atoms with van der Waals surface area (Å²) in [6, 6.07) is 13.5. The smallest absolute Gasteiger partial charge is 0.253 e. The fourth-order valence-corrected chi connectivity index (χ4v) is 4.09. The topological polar surface area (TPSA) is 49.8 Å². The van der Waals surface area contributed by atoms with Crippen LogP contribution in [0.2, 0.25) is 0 Å². The number of likely N-dealkylation sites (tertiary alicyclic amines) is 1. The van der Waals surface area contributed by atoms with E-state index >= 15 is 0 Å². The number of hydrogen-bond donors (Lipinski definition) is 1. The molecule has 1 heterocycles. The molecule has 5 heteroatoms. The summed E-state index contributed by atoms with van der Waals surface area (Å²) < 4.78 is 19.2. The van der Waals surface area contributed by atoms with E-state index in [1.807, 2.05) is 4.90 Å². The van der Waals surface area contributed by atoms with Crippen molar-refractivity contribution >= 4 is 5.91 Å². The number of rotatable bonds is 4. The second-order valence-electron chi connectivity index (χ2n) is 7.26. The van der Waals surface area contributed by atoms with Crippen LogP contribution in [0.15, 0.2) is 48.5 Å². The van der Waals surface area contributed by atoms with Gasteiger partial charge in [0, 0.05) is 24.2 Å². The summed E-state index contributed by atoms with van der Waals surface area (Å²) in [6.07, 6.45) is 1.40. The minimum atomic E-state index is -0.288. The van der Waals surface area contributed by atoms with Crippen LogP contribution in [-0.2, 0) is 6.61 Å². The van der Waals surface area contributed by atoms with Crippen LogP contribution in [0.3, 0.4) is 0 Å². The molecule has 2 aromatic rings. The molecule has 0 radical (unpaired) electrons. The van der Waals surface area contributed by atoms with Gasteiger partial charge in [-0.05, 0) is 55.0 Å². The second-order valence-corrected chi connectivity index (χ2v) is 7.26. The highest BCUT2D eigenvalue weighted by molar-refractivity contribution is 5.94. The zero-order valence-electron chi connectivity index (χ0n) is 14.5. The van der Waals surface area contributed by atoms with Crippen LogP contribution in [0.4, 0.5) is 4.39 Å². The minimum absolute atomic E-state index is 0.0227. The molecular weight excluding hydrogens is 333 g/mol. The Morgan fingerprint density at radius 1 is 1.08 bits per heavy atom. The van der Waals surface area contributed by atoms with Crippen LogP contribution in [0.25, 0.3) is 0 Å². The average Bonchev–Trinajstić information content (AvgIpc) is 3.18. The number of fused-ring (bicyclic) bond motifs is 1. The summed E-state index contributed by atoms with van der Waals surface area (Å²) in [4.78, 5) is 14.6. The van der Waals surface area contributed by atoms with Crippen LogP contribution in [0.5, 0.6) is 5.75 Å². The predicted molar refractivity (Wildman–Crippen MR) is 95.3 cm³/mol. The van der Waals surface area contributed by atoms with Crippen LogP contribution in [0, 0.1) is 17.7 Å². The molecule has 1 aliphatic carbocycles. The molecule has 26 heavy (non-hydrogen) atoms. The van der Waals surface area contributed by atoms with Crippen molar-refractivity contribution < 1.29 is 19.0 Å². The number of carbonyl (C=O) groups excluding carboxylic acids is 1. The van der Waals surface area contributed by atoms with Crippen LogP contribution in [0.1, 0.15) is 28.8 Å². The van der Waals surface area contributed by atoms with Gasteiger partial charge in [-0.25, -0.2) is 4.39 Å². The van der Waals surface area contributed by atoms with E-state index in [1.165, 1.54) is 6.07 Å². The minimum Gasteiger partial charge on any atom is -0.489 e. The monoisotopic (exact) mass is 355 g/mol. The number of nitrogens with zero attached hydrogens (tertiary/aromatic N) is 1. The highest BCUT2D eigenvalue weighted by Gasteiger charge is 2.41. The Morgan fingerprint density at radius 2 is 1.73 bits per heavy atom. The van der Waals surface area contributed by atoms with Gasteiger partial charge in [-0.3, -0.25) is 4.79 Å². The number of amides is 1. The van der Waals surface area contributed by atoms with Gasteiger partial charge in [-0.1, -0.05) is 18.2 Å². The van der Waals surface area contributed by atoms with Crippen molar-refractivity contribution in [2.45, 2.75) is 25.6 Å². The molecule has 3 atom stereocenters. The van der Waals surface area contributed by atoms with Crippen molar-refractivity contribution in [1.82, 2.24) is 4.90 Å². The van der Waals surface area contributed by atoms with E-state index in [9.17, 15) is 14.3 Å². The third-order valence-corrected chi connectivity index (χ3v) is 5.47. The van der Waals surface area contributed by atoms with Crippen LogP contribution < -0.4 is 4.74 Å². The lowest BCUT2D eigenvalue weighted by atomic mass is 10.0. The van der Waals surface area contributed by atoms with Crippen molar-refractivity contribution in [3.63, 3.8) is 0 Å². The van der Waals surface area contributed by atoms with Crippen molar-refractivity contribution in [1.29, 1.82) is 0 Å². The first-order valence-electron chi connectivity index (χ1n) is 9.04. The Hall–Kier alpha value is -2.40. The summed E-state index contributed by atoms with van der Waals surface area (Å²) >= 11 is 0. The first kappa shape index (κ1) is 17.0. The van der Waals surface area contributed by atoms with Gasteiger partial charge >= 0.3 is 0 Å². The molecule has 0 bridgehead atoms. The van der Waals surface area contributed by atoms with Crippen molar-refractivity contribution in [3.8, 4) is 5.75 Å². The maximum atomic E-state index is 13.6. The standard InChI is InChI=1S/C21H22FNO3/c22-20-4-2-1-3-15(20)13-26-19-7-5-14(6-8-19)21(25)23-11-16-9-18(24)10-17(16)12-23/h1-8,16-18,24H,9-13H2/t16-,17+,18?. The Morgan fingerprint density at radius 3 is 2.38 bits per heavy atom. The molecule has 136 valence electrons. The third-order valence-electron chi connectivity index (χ3n) is 5.47. The van der Waals surface area contributed by atoms with Gasteiger partial charge in [0.05, 0.1) is 6.10 Å². The van der Waals surface area contributed by atoms with Crippen LogP contribution >= 0.6 is 0 Å². The molecule has 4 rings (SSSR count). The van der Waals surface area contributed by atoms with Gasteiger partial charge in [-0.15, -0.1) is 0 Å². The Balaban J connectivity index is 1.36. The first-order chi connectivity index (χ1) is 12.6. The third kappa shape index (κ3) is 3.44. The lowest BCUT2D eigenvalue weighted by Gasteiger charge is -2.18. The largest absolute Gasteiger partial charge is 0.489 e. The predicted octanol–water partition coefficient (Wildman–Crippen LogP) is 3.25. The molecule has 0 aromatic heterocycles. The molecule has 2 aromatic carbocycles. The first-order valence-corrected chi connectivity index (χ1v) is 9.04. The summed E-state index contributed by atoms with van der Waals surface area (Å²) in [5.74, 6) is 1.19. The highest BCUT2D eigenvalue weighted by atomic mass is 19.1. The number of aliphatic hydroxyl groups is 1. The van der Waals surface area contributed by atoms with Gasteiger partial charge in [0.15, 0.2) is 0 Å².